The molecule has 0 atom stereocenters. The third-order valence-corrected chi connectivity index (χ3v) is 5.48. The first-order valence-electron chi connectivity index (χ1n) is 10.7. The van der Waals surface area contributed by atoms with Gasteiger partial charge in [0.1, 0.15) is 11.5 Å². The second kappa shape index (κ2) is 8.63. The van der Waals surface area contributed by atoms with Gasteiger partial charge >= 0.3 is 5.97 Å². The molecule has 0 unspecified atom stereocenters. The lowest BCUT2D eigenvalue weighted by Crippen LogP contribution is -2.20. The second-order valence-corrected chi connectivity index (χ2v) is 7.55. The number of esters is 1. The molecule has 1 aliphatic heterocycles. The minimum Gasteiger partial charge on any atom is -0.462 e. The Balaban J connectivity index is 1.46. The molecule has 3 aromatic carbocycles. The lowest BCUT2D eigenvalue weighted by atomic mass is 10.1. The Morgan fingerprint density at radius 3 is 2.39 bits per heavy atom. The van der Waals surface area contributed by atoms with Gasteiger partial charge in [-0.3, -0.25) is 9.69 Å². The van der Waals surface area contributed by atoms with Crippen LogP contribution in [0.1, 0.15) is 28.6 Å². The molecule has 4 aromatic rings. The predicted octanol–water partition coefficient (Wildman–Crippen LogP) is 6.34. The molecule has 1 aromatic heterocycles. The van der Waals surface area contributed by atoms with Crippen molar-refractivity contribution in [1.82, 2.24) is 0 Å². The summed E-state index contributed by atoms with van der Waals surface area (Å²) in [6.07, 6.45) is 1.78. The maximum Gasteiger partial charge on any atom is 0.338 e. The summed E-state index contributed by atoms with van der Waals surface area (Å²) in [4.78, 5) is 27.0. The van der Waals surface area contributed by atoms with Gasteiger partial charge in [-0.1, -0.05) is 48.5 Å². The number of hydrogen-bond donors (Lipinski definition) is 0. The molecule has 5 rings (SSSR count). The average Bonchev–Trinajstić information content (AvgIpc) is 3.43. The van der Waals surface area contributed by atoms with Gasteiger partial charge in [0, 0.05) is 16.8 Å². The highest BCUT2D eigenvalue weighted by molar-refractivity contribution is 6.37. The standard InChI is InChI=1S/C28H21NO4/c1-2-32-28(31)20-14-12-19(13-15-20)26-17-16-22(33-26)18-24-23-10-6-7-11-25(23)29(27(24)30)21-8-4-3-5-9-21/h3-18H,2H2,1H3/b24-18+. The minimum atomic E-state index is -0.352. The minimum absolute atomic E-state index is 0.0980. The number of benzene rings is 3. The molecule has 0 fully saturated rings. The van der Waals surface area contributed by atoms with Crippen LogP contribution in [0.25, 0.3) is 23.0 Å². The molecule has 0 N–H and O–H groups in total. The summed E-state index contributed by atoms with van der Waals surface area (Å²) in [5.74, 6) is 0.776. The van der Waals surface area contributed by atoms with Gasteiger partial charge in [0.05, 0.1) is 23.4 Å². The number of para-hydroxylation sites is 2. The number of carbonyl (C=O) groups is 2. The molecule has 162 valence electrons. The summed E-state index contributed by atoms with van der Waals surface area (Å²) in [5.41, 5.74) is 4.43. The fourth-order valence-corrected chi connectivity index (χ4v) is 3.93. The Morgan fingerprint density at radius 1 is 0.909 bits per heavy atom. The van der Waals surface area contributed by atoms with Crippen LogP contribution in [-0.4, -0.2) is 18.5 Å². The van der Waals surface area contributed by atoms with Gasteiger partial charge < -0.3 is 9.15 Å². The molecule has 2 heterocycles. The topological polar surface area (TPSA) is 59.8 Å². The number of nitrogens with zero attached hydrogens (tertiary/aromatic N) is 1. The molecule has 0 saturated carbocycles. The Bertz CT molecular complexity index is 1350. The number of hydrogen-bond acceptors (Lipinski definition) is 4. The molecule has 5 heteroatoms. The Morgan fingerprint density at radius 2 is 1.64 bits per heavy atom. The zero-order valence-electron chi connectivity index (χ0n) is 18.0. The van der Waals surface area contributed by atoms with Gasteiger partial charge in [0.2, 0.25) is 0 Å². The first-order valence-corrected chi connectivity index (χ1v) is 10.7. The number of amides is 1. The van der Waals surface area contributed by atoms with Crippen LogP contribution in [0.4, 0.5) is 11.4 Å². The lowest BCUT2D eigenvalue weighted by molar-refractivity contribution is -0.112. The highest BCUT2D eigenvalue weighted by atomic mass is 16.5. The first kappa shape index (κ1) is 20.5. The first-order chi connectivity index (χ1) is 16.2. The van der Waals surface area contributed by atoms with Crippen LogP contribution in [-0.2, 0) is 9.53 Å². The van der Waals surface area contributed by atoms with E-state index in [1.807, 2.05) is 78.9 Å². The summed E-state index contributed by atoms with van der Waals surface area (Å²) in [6, 6.07) is 28.1. The summed E-state index contributed by atoms with van der Waals surface area (Å²) in [5, 5.41) is 0. The smallest absolute Gasteiger partial charge is 0.338 e. The van der Waals surface area contributed by atoms with E-state index in [0.717, 1.165) is 22.5 Å². The largest absolute Gasteiger partial charge is 0.462 e. The summed E-state index contributed by atoms with van der Waals surface area (Å²) >= 11 is 0. The van der Waals surface area contributed by atoms with Gasteiger partial charge in [0.25, 0.3) is 5.91 Å². The third-order valence-electron chi connectivity index (χ3n) is 5.48. The summed E-state index contributed by atoms with van der Waals surface area (Å²) in [7, 11) is 0. The molecule has 0 radical (unpaired) electrons. The van der Waals surface area contributed by atoms with E-state index in [1.165, 1.54) is 0 Å². The highest BCUT2D eigenvalue weighted by Crippen LogP contribution is 2.42. The van der Waals surface area contributed by atoms with E-state index in [2.05, 4.69) is 0 Å². The van der Waals surface area contributed by atoms with E-state index in [-0.39, 0.29) is 11.9 Å². The van der Waals surface area contributed by atoms with Crippen molar-refractivity contribution in [3.63, 3.8) is 0 Å². The van der Waals surface area contributed by atoms with Crippen molar-refractivity contribution in [2.45, 2.75) is 6.92 Å². The number of rotatable bonds is 5. The number of anilines is 2. The molecule has 5 nitrogen and oxygen atoms in total. The normalized spacial score (nSPS) is 13.9. The van der Waals surface area contributed by atoms with E-state index >= 15 is 0 Å². The Kier molecular flexibility index (Phi) is 5.37. The van der Waals surface area contributed by atoms with E-state index in [0.29, 0.717) is 29.3 Å². The van der Waals surface area contributed by atoms with E-state index in [4.69, 9.17) is 9.15 Å². The third kappa shape index (κ3) is 3.85. The van der Waals surface area contributed by atoms with Crippen LogP contribution >= 0.6 is 0 Å². The van der Waals surface area contributed by atoms with Gasteiger partial charge in [-0.25, -0.2) is 4.79 Å². The fourth-order valence-electron chi connectivity index (χ4n) is 3.93. The zero-order chi connectivity index (χ0) is 22.8. The van der Waals surface area contributed by atoms with Gasteiger partial charge in [0.15, 0.2) is 0 Å². The number of furan rings is 1. The Hall–Kier alpha value is -4.38. The van der Waals surface area contributed by atoms with Crippen molar-refractivity contribution in [3.8, 4) is 11.3 Å². The van der Waals surface area contributed by atoms with Crippen LogP contribution < -0.4 is 4.90 Å². The van der Waals surface area contributed by atoms with E-state index < -0.39 is 0 Å². The lowest BCUT2D eigenvalue weighted by Gasteiger charge is -2.16. The van der Waals surface area contributed by atoms with Gasteiger partial charge in [-0.15, -0.1) is 0 Å². The quantitative estimate of drug-likeness (QED) is 0.271. The Labute approximate surface area is 191 Å². The zero-order valence-corrected chi connectivity index (χ0v) is 18.0. The van der Waals surface area contributed by atoms with E-state index in [9.17, 15) is 9.59 Å². The average molecular weight is 435 g/mol. The summed E-state index contributed by atoms with van der Waals surface area (Å²) < 4.78 is 11.0. The van der Waals surface area contributed by atoms with Crippen LogP contribution in [0.2, 0.25) is 0 Å². The molecule has 1 aliphatic rings. The van der Waals surface area contributed by atoms with Gasteiger partial charge in [-0.05, 0) is 55.5 Å². The molecule has 0 spiro atoms. The predicted molar refractivity (Wildman–Crippen MR) is 128 cm³/mol. The van der Waals surface area contributed by atoms with Crippen LogP contribution in [0, 0.1) is 0 Å². The second-order valence-electron chi connectivity index (χ2n) is 7.55. The molecular formula is C28H21NO4. The highest BCUT2D eigenvalue weighted by Gasteiger charge is 2.33. The van der Waals surface area contributed by atoms with Crippen molar-refractivity contribution >= 4 is 34.9 Å². The molecule has 0 aliphatic carbocycles. The maximum atomic E-state index is 13.4. The van der Waals surface area contributed by atoms with Crippen LogP contribution in [0.5, 0.6) is 0 Å². The van der Waals surface area contributed by atoms with Crippen molar-refractivity contribution in [2.75, 3.05) is 11.5 Å². The van der Waals surface area contributed by atoms with Crippen molar-refractivity contribution < 1.29 is 18.7 Å². The molecule has 1 amide bonds. The number of fused-ring (bicyclic) bond motifs is 1. The molecule has 0 bridgehead atoms. The SMILES string of the molecule is CCOC(=O)c1ccc(-c2ccc(/C=C3/C(=O)N(c4ccccc4)c4ccccc43)o2)cc1. The van der Waals surface area contributed by atoms with Crippen molar-refractivity contribution in [3.05, 3.63) is 108 Å². The maximum absolute atomic E-state index is 13.4. The number of carbonyl (C=O) groups excluding carboxylic acids is 2. The van der Waals surface area contributed by atoms with E-state index in [1.54, 1.807) is 30.0 Å². The molecule has 33 heavy (non-hydrogen) atoms. The van der Waals surface area contributed by atoms with Crippen LogP contribution in [0.3, 0.4) is 0 Å². The monoisotopic (exact) mass is 435 g/mol. The fraction of sp³-hybridized carbons (Fsp3) is 0.0714. The van der Waals surface area contributed by atoms with Crippen LogP contribution in [0.15, 0.2) is 95.4 Å². The van der Waals surface area contributed by atoms with Crippen molar-refractivity contribution in [1.29, 1.82) is 0 Å². The molecule has 0 saturated heterocycles. The number of ether oxygens (including phenoxy) is 1. The van der Waals surface area contributed by atoms with Crippen molar-refractivity contribution in [2.24, 2.45) is 0 Å². The van der Waals surface area contributed by atoms with Gasteiger partial charge in [-0.2, -0.15) is 0 Å². The molecular weight excluding hydrogens is 414 g/mol. The summed E-state index contributed by atoms with van der Waals surface area (Å²) in [6.45, 7) is 2.11.